The monoisotopic (exact) mass is 274 g/mol. The van der Waals surface area contributed by atoms with Crippen LogP contribution < -0.4 is 4.90 Å². The molecule has 1 spiro atoms. The number of carbonyl (C=O) groups is 1. The number of hydrogen-bond acceptors (Lipinski definition) is 3. The lowest BCUT2D eigenvalue weighted by atomic mass is 9.94. The molecule has 20 heavy (non-hydrogen) atoms. The van der Waals surface area contributed by atoms with Gasteiger partial charge in [0.25, 0.3) is 5.91 Å². The van der Waals surface area contributed by atoms with Crippen LogP contribution in [-0.2, 0) is 9.53 Å². The van der Waals surface area contributed by atoms with E-state index in [1.807, 2.05) is 35.2 Å². The van der Waals surface area contributed by atoms with Gasteiger partial charge in [-0.1, -0.05) is 18.2 Å². The number of para-hydroxylation sites is 1. The third kappa shape index (κ3) is 2.45. The Morgan fingerprint density at radius 3 is 2.70 bits per heavy atom. The molecule has 0 aromatic heterocycles. The van der Waals surface area contributed by atoms with Crippen molar-refractivity contribution < 1.29 is 9.53 Å². The zero-order valence-electron chi connectivity index (χ0n) is 12.0. The van der Waals surface area contributed by atoms with Crippen molar-refractivity contribution in [3.05, 3.63) is 30.3 Å². The molecule has 0 aliphatic carbocycles. The lowest BCUT2D eigenvalue weighted by Crippen LogP contribution is -2.59. The van der Waals surface area contributed by atoms with Crippen LogP contribution in [0.4, 0.5) is 5.69 Å². The third-order valence-electron chi connectivity index (χ3n) is 4.29. The fourth-order valence-electron chi connectivity index (χ4n) is 3.23. The summed E-state index contributed by atoms with van der Waals surface area (Å²) in [5.74, 6) is 0.132. The van der Waals surface area contributed by atoms with Gasteiger partial charge in [0.15, 0.2) is 5.60 Å². The summed E-state index contributed by atoms with van der Waals surface area (Å²) in [4.78, 5) is 17.2. The van der Waals surface area contributed by atoms with Gasteiger partial charge >= 0.3 is 0 Å². The average Bonchev–Trinajstić information content (AvgIpc) is 2.61. The molecule has 1 amide bonds. The van der Waals surface area contributed by atoms with Gasteiger partial charge in [-0.25, -0.2) is 0 Å². The number of rotatable bonds is 1. The minimum absolute atomic E-state index is 0.132. The summed E-state index contributed by atoms with van der Waals surface area (Å²) in [6, 6.07) is 9.95. The van der Waals surface area contributed by atoms with Crippen molar-refractivity contribution in [2.45, 2.75) is 24.9 Å². The molecule has 108 valence electrons. The van der Waals surface area contributed by atoms with Gasteiger partial charge in [0.05, 0.1) is 6.61 Å². The SMILES string of the molecule is CN1CCOC2(CCCCN(c3ccccc3)C2=O)C1. The molecular weight excluding hydrogens is 252 g/mol. The number of morpholine rings is 1. The number of carbonyl (C=O) groups excluding carboxylic acids is 1. The van der Waals surface area contributed by atoms with Crippen LogP contribution in [0, 0.1) is 0 Å². The third-order valence-corrected chi connectivity index (χ3v) is 4.29. The lowest BCUT2D eigenvalue weighted by molar-refractivity contribution is -0.156. The second-order valence-electron chi connectivity index (χ2n) is 5.83. The van der Waals surface area contributed by atoms with Crippen molar-refractivity contribution in [1.82, 2.24) is 4.90 Å². The van der Waals surface area contributed by atoms with Crippen LogP contribution in [0.25, 0.3) is 0 Å². The van der Waals surface area contributed by atoms with E-state index < -0.39 is 5.60 Å². The normalized spacial score (nSPS) is 28.6. The van der Waals surface area contributed by atoms with E-state index in [9.17, 15) is 4.79 Å². The minimum Gasteiger partial charge on any atom is -0.362 e. The first-order chi connectivity index (χ1) is 9.71. The Labute approximate surface area is 120 Å². The maximum absolute atomic E-state index is 13.0. The highest BCUT2D eigenvalue weighted by Gasteiger charge is 2.46. The number of hydrogen-bond donors (Lipinski definition) is 0. The Kier molecular flexibility index (Phi) is 3.76. The fourth-order valence-corrected chi connectivity index (χ4v) is 3.23. The summed E-state index contributed by atoms with van der Waals surface area (Å²) in [5, 5.41) is 0. The van der Waals surface area contributed by atoms with Crippen molar-refractivity contribution in [2.24, 2.45) is 0 Å². The number of likely N-dealkylation sites (N-methyl/N-ethyl adjacent to an activating group) is 1. The molecule has 4 heteroatoms. The molecule has 1 unspecified atom stereocenters. The van der Waals surface area contributed by atoms with Gasteiger partial charge in [0.1, 0.15) is 0 Å². The zero-order chi connectivity index (χ0) is 14.0. The number of ether oxygens (including phenoxy) is 1. The summed E-state index contributed by atoms with van der Waals surface area (Å²) < 4.78 is 5.99. The molecule has 1 aromatic carbocycles. The first-order valence-electron chi connectivity index (χ1n) is 7.41. The second kappa shape index (κ2) is 5.54. The molecule has 4 nitrogen and oxygen atoms in total. The van der Waals surface area contributed by atoms with Gasteiger partial charge in [0, 0.05) is 25.3 Å². The van der Waals surface area contributed by atoms with E-state index in [-0.39, 0.29) is 5.91 Å². The van der Waals surface area contributed by atoms with Crippen LogP contribution in [0.5, 0.6) is 0 Å². The molecule has 2 aliphatic rings. The molecule has 0 radical (unpaired) electrons. The van der Waals surface area contributed by atoms with Crippen molar-refractivity contribution in [2.75, 3.05) is 38.2 Å². The van der Waals surface area contributed by atoms with Gasteiger partial charge in [0.2, 0.25) is 0 Å². The van der Waals surface area contributed by atoms with E-state index in [0.717, 1.165) is 38.0 Å². The summed E-state index contributed by atoms with van der Waals surface area (Å²) in [5.41, 5.74) is 0.342. The smallest absolute Gasteiger partial charge is 0.260 e. The average molecular weight is 274 g/mol. The highest BCUT2D eigenvalue weighted by atomic mass is 16.5. The Balaban J connectivity index is 1.91. The zero-order valence-corrected chi connectivity index (χ0v) is 12.0. The standard InChI is InChI=1S/C16H22N2O2/c1-17-11-12-20-16(13-17)9-5-6-10-18(15(16)19)14-7-3-2-4-8-14/h2-4,7-8H,5-6,9-13H2,1H3. The van der Waals surface area contributed by atoms with Gasteiger partial charge in [-0.15, -0.1) is 0 Å². The highest BCUT2D eigenvalue weighted by molar-refractivity contribution is 6.00. The molecular formula is C16H22N2O2. The van der Waals surface area contributed by atoms with Gasteiger partial charge in [-0.2, -0.15) is 0 Å². The van der Waals surface area contributed by atoms with Gasteiger partial charge in [-0.05, 0) is 38.4 Å². The first kappa shape index (κ1) is 13.6. The van der Waals surface area contributed by atoms with Crippen molar-refractivity contribution >= 4 is 11.6 Å². The molecule has 1 aromatic rings. The molecule has 0 saturated carbocycles. The Bertz CT molecular complexity index is 477. The minimum atomic E-state index is -0.640. The van der Waals surface area contributed by atoms with Gasteiger partial charge < -0.3 is 14.5 Å². The van der Waals surface area contributed by atoms with Crippen LogP contribution in [0.15, 0.2) is 30.3 Å². The summed E-state index contributed by atoms with van der Waals surface area (Å²) in [6.07, 6.45) is 2.91. The molecule has 2 fully saturated rings. The van der Waals surface area contributed by atoms with E-state index in [1.165, 1.54) is 0 Å². The quantitative estimate of drug-likeness (QED) is 0.784. The topological polar surface area (TPSA) is 32.8 Å². The lowest BCUT2D eigenvalue weighted by Gasteiger charge is -2.41. The number of amides is 1. The summed E-state index contributed by atoms with van der Waals surface area (Å²) in [6.45, 7) is 3.04. The van der Waals surface area contributed by atoms with E-state index in [4.69, 9.17) is 4.74 Å². The molecule has 1 atom stereocenters. The molecule has 0 bridgehead atoms. The van der Waals surface area contributed by atoms with Crippen LogP contribution in [0.2, 0.25) is 0 Å². The van der Waals surface area contributed by atoms with Crippen LogP contribution in [0.1, 0.15) is 19.3 Å². The fraction of sp³-hybridized carbons (Fsp3) is 0.562. The Morgan fingerprint density at radius 2 is 1.95 bits per heavy atom. The van der Waals surface area contributed by atoms with E-state index in [0.29, 0.717) is 13.2 Å². The molecule has 2 heterocycles. The van der Waals surface area contributed by atoms with Crippen molar-refractivity contribution in [3.63, 3.8) is 0 Å². The molecule has 0 N–H and O–H groups in total. The van der Waals surface area contributed by atoms with Crippen LogP contribution in [0.3, 0.4) is 0 Å². The van der Waals surface area contributed by atoms with Crippen LogP contribution >= 0.6 is 0 Å². The largest absolute Gasteiger partial charge is 0.362 e. The van der Waals surface area contributed by atoms with E-state index in [2.05, 4.69) is 11.9 Å². The molecule has 2 saturated heterocycles. The predicted molar refractivity (Wildman–Crippen MR) is 78.8 cm³/mol. The molecule has 3 rings (SSSR count). The maximum Gasteiger partial charge on any atom is 0.260 e. The Morgan fingerprint density at radius 1 is 1.15 bits per heavy atom. The first-order valence-corrected chi connectivity index (χ1v) is 7.41. The van der Waals surface area contributed by atoms with Crippen molar-refractivity contribution in [3.8, 4) is 0 Å². The maximum atomic E-state index is 13.0. The van der Waals surface area contributed by atoms with Crippen molar-refractivity contribution in [1.29, 1.82) is 0 Å². The number of anilines is 1. The number of benzene rings is 1. The summed E-state index contributed by atoms with van der Waals surface area (Å²) in [7, 11) is 2.06. The van der Waals surface area contributed by atoms with E-state index >= 15 is 0 Å². The van der Waals surface area contributed by atoms with Crippen LogP contribution in [-0.4, -0.2) is 49.7 Å². The predicted octanol–water partition coefficient (Wildman–Crippen LogP) is 1.90. The Hall–Kier alpha value is -1.39. The van der Waals surface area contributed by atoms with Gasteiger partial charge in [-0.3, -0.25) is 4.79 Å². The molecule has 2 aliphatic heterocycles. The van der Waals surface area contributed by atoms with E-state index in [1.54, 1.807) is 0 Å². The summed E-state index contributed by atoms with van der Waals surface area (Å²) >= 11 is 0. The highest BCUT2D eigenvalue weighted by Crippen LogP contribution is 2.31. The number of nitrogens with zero attached hydrogens (tertiary/aromatic N) is 2. The second-order valence-corrected chi connectivity index (χ2v) is 5.83.